The molecule has 0 radical (unpaired) electrons. The molecule has 104 valence electrons. The molecule has 1 aromatic heterocycles. The molecule has 0 aliphatic carbocycles. The van der Waals surface area contributed by atoms with Crippen molar-refractivity contribution in [2.45, 2.75) is 6.04 Å². The zero-order valence-electron chi connectivity index (χ0n) is 10.1. The molecule has 1 atom stereocenters. The molecule has 0 fully saturated rings. The third kappa shape index (κ3) is 3.30. The molecule has 0 aliphatic heterocycles. The second kappa shape index (κ2) is 6.26. The van der Waals surface area contributed by atoms with Crippen LogP contribution < -0.4 is 11.1 Å². The number of carbonyl (C=O) groups is 2. The maximum absolute atomic E-state index is 12.1. The number of rotatable bonds is 4. The van der Waals surface area contributed by atoms with Crippen molar-refractivity contribution in [3.63, 3.8) is 0 Å². The molecule has 0 aliphatic rings. The molecule has 0 saturated heterocycles. The molecular weight excluding hydrogens is 319 g/mol. The zero-order valence-corrected chi connectivity index (χ0v) is 12.4. The number of amides is 2. The van der Waals surface area contributed by atoms with E-state index in [1.807, 2.05) is 0 Å². The largest absolute Gasteiger partial charge is 0.368 e. The van der Waals surface area contributed by atoms with Crippen molar-refractivity contribution < 1.29 is 9.59 Å². The first kappa shape index (κ1) is 14.8. The molecule has 4 nitrogen and oxygen atoms in total. The third-order valence-electron chi connectivity index (χ3n) is 2.59. The van der Waals surface area contributed by atoms with E-state index in [1.54, 1.807) is 30.3 Å². The number of hydrogen-bond acceptors (Lipinski definition) is 3. The molecular formula is C13H10Cl2N2O2S. The van der Waals surface area contributed by atoms with Crippen molar-refractivity contribution in [2.75, 3.05) is 0 Å². The minimum absolute atomic E-state index is 0.226. The van der Waals surface area contributed by atoms with Crippen molar-refractivity contribution in [2.24, 2.45) is 5.73 Å². The normalized spacial score (nSPS) is 11.9. The Hall–Kier alpha value is -1.56. The highest BCUT2D eigenvalue weighted by atomic mass is 35.5. The number of nitrogens with two attached hydrogens (primary N) is 1. The van der Waals surface area contributed by atoms with Crippen LogP contribution in [0.2, 0.25) is 8.67 Å². The van der Waals surface area contributed by atoms with Crippen LogP contribution in [0.1, 0.15) is 22.0 Å². The van der Waals surface area contributed by atoms with Crippen LogP contribution in [-0.2, 0) is 4.79 Å². The molecule has 0 saturated carbocycles. The SMILES string of the molecule is NC(=O)[C@H](NC(=O)c1cc(Cl)sc1Cl)c1ccccc1. The fourth-order valence-electron chi connectivity index (χ4n) is 1.67. The summed E-state index contributed by atoms with van der Waals surface area (Å²) in [5, 5.41) is 2.55. The van der Waals surface area contributed by atoms with Gasteiger partial charge in [-0.3, -0.25) is 9.59 Å². The molecule has 1 heterocycles. The first-order valence-electron chi connectivity index (χ1n) is 5.59. The summed E-state index contributed by atoms with van der Waals surface area (Å²) in [6, 6.07) is 9.26. The zero-order chi connectivity index (χ0) is 14.7. The molecule has 0 spiro atoms. The predicted octanol–water partition coefficient (Wildman–Crippen LogP) is 3.01. The van der Waals surface area contributed by atoms with Crippen LogP contribution >= 0.6 is 34.5 Å². The van der Waals surface area contributed by atoms with E-state index in [9.17, 15) is 9.59 Å². The van der Waals surface area contributed by atoms with E-state index in [0.717, 1.165) is 11.3 Å². The second-order valence-electron chi connectivity index (χ2n) is 3.96. The fraction of sp³-hybridized carbons (Fsp3) is 0.0769. The highest BCUT2D eigenvalue weighted by Crippen LogP contribution is 2.31. The van der Waals surface area contributed by atoms with E-state index in [-0.39, 0.29) is 9.90 Å². The Balaban J connectivity index is 2.23. The van der Waals surface area contributed by atoms with E-state index in [2.05, 4.69) is 5.32 Å². The standard InChI is InChI=1S/C13H10Cl2N2O2S/c14-9-6-8(11(15)20-9)13(19)17-10(12(16)18)7-4-2-1-3-5-7/h1-6,10H,(H2,16,18)(H,17,19)/t10-/m1/s1. The van der Waals surface area contributed by atoms with Gasteiger partial charge in [-0.05, 0) is 11.6 Å². The lowest BCUT2D eigenvalue weighted by molar-refractivity contribution is -0.120. The second-order valence-corrected chi connectivity index (χ2v) is 6.24. The summed E-state index contributed by atoms with van der Waals surface area (Å²) in [6.07, 6.45) is 0. The van der Waals surface area contributed by atoms with Gasteiger partial charge in [0.2, 0.25) is 5.91 Å². The molecule has 3 N–H and O–H groups in total. The minimum atomic E-state index is -0.918. The summed E-state index contributed by atoms with van der Waals surface area (Å²) < 4.78 is 0.666. The van der Waals surface area contributed by atoms with Gasteiger partial charge in [0.25, 0.3) is 5.91 Å². The van der Waals surface area contributed by atoms with Gasteiger partial charge in [-0.2, -0.15) is 0 Å². The van der Waals surface area contributed by atoms with Crippen LogP contribution in [-0.4, -0.2) is 11.8 Å². The first-order valence-corrected chi connectivity index (χ1v) is 7.16. The molecule has 20 heavy (non-hydrogen) atoms. The van der Waals surface area contributed by atoms with Crippen LogP contribution in [0.25, 0.3) is 0 Å². The van der Waals surface area contributed by atoms with E-state index in [1.165, 1.54) is 6.07 Å². The average molecular weight is 329 g/mol. The summed E-state index contributed by atoms with van der Waals surface area (Å²) in [6.45, 7) is 0. The highest BCUT2D eigenvalue weighted by Gasteiger charge is 2.23. The lowest BCUT2D eigenvalue weighted by Gasteiger charge is -2.15. The number of primary amides is 1. The Morgan fingerprint density at radius 2 is 1.85 bits per heavy atom. The summed E-state index contributed by atoms with van der Waals surface area (Å²) in [5.74, 6) is -1.15. The van der Waals surface area contributed by atoms with Crippen molar-refractivity contribution in [3.8, 4) is 0 Å². The van der Waals surface area contributed by atoms with Gasteiger partial charge in [0.1, 0.15) is 10.4 Å². The fourth-order valence-corrected chi connectivity index (χ4v) is 3.13. The average Bonchev–Trinajstić information content (AvgIpc) is 2.75. The number of thiophene rings is 1. The van der Waals surface area contributed by atoms with Gasteiger partial charge in [-0.25, -0.2) is 0 Å². The summed E-state index contributed by atoms with van der Waals surface area (Å²) in [7, 11) is 0. The molecule has 1 aromatic carbocycles. The van der Waals surface area contributed by atoms with Crippen LogP contribution in [0.5, 0.6) is 0 Å². The molecule has 0 unspecified atom stereocenters. The number of carbonyl (C=O) groups excluding carboxylic acids is 2. The van der Waals surface area contributed by atoms with Gasteiger partial charge in [0.05, 0.1) is 9.90 Å². The van der Waals surface area contributed by atoms with Crippen molar-refractivity contribution in [1.82, 2.24) is 5.32 Å². The maximum Gasteiger partial charge on any atom is 0.254 e. The lowest BCUT2D eigenvalue weighted by atomic mass is 10.1. The van der Waals surface area contributed by atoms with Gasteiger partial charge >= 0.3 is 0 Å². The molecule has 0 bridgehead atoms. The molecule has 2 rings (SSSR count). The van der Waals surface area contributed by atoms with E-state index < -0.39 is 17.9 Å². The maximum atomic E-state index is 12.1. The van der Waals surface area contributed by atoms with Crippen molar-refractivity contribution in [3.05, 3.63) is 56.2 Å². The van der Waals surface area contributed by atoms with Gasteiger partial charge in [-0.15, -0.1) is 11.3 Å². The lowest BCUT2D eigenvalue weighted by Crippen LogP contribution is -2.37. The van der Waals surface area contributed by atoms with Crippen molar-refractivity contribution >= 4 is 46.4 Å². The van der Waals surface area contributed by atoms with Gasteiger partial charge in [0, 0.05) is 0 Å². The number of halogens is 2. The molecule has 2 amide bonds. The highest BCUT2D eigenvalue weighted by molar-refractivity contribution is 7.20. The van der Waals surface area contributed by atoms with Crippen LogP contribution in [0.15, 0.2) is 36.4 Å². The summed E-state index contributed by atoms with van der Waals surface area (Å²) >= 11 is 12.8. The van der Waals surface area contributed by atoms with Crippen LogP contribution in [0, 0.1) is 0 Å². The van der Waals surface area contributed by atoms with Gasteiger partial charge in [-0.1, -0.05) is 53.5 Å². The van der Waals surface area contributed by atoms with Gasteiger partial charge in [0.15, 0.2) is 0 Å². The number of hydrogen-bond donors (Lipinski definition) is 2. The Bertz CT molecular complexity index is 643. The first-order chi connectivity index (χ1) is 9.49. The van der Waals surface area contributed by atoms with Crippen LogP contribution in [0.4, 0.5) is 0 Å². The van der Waals surface area contributed by atoms with E-state index in [4.69, 9.17) is 28.9 Å². The quantitative estimate of drug-likeness (QED) is 0.905. The third-order valence-corrected chi connectivity index (χ3v) is 4.08. The Labute approximate surface area is 129 Å². The smallest absolute Gasteiger partial charge is 0.254 e. The Morgan fingerprint density at radius 3 is 2.35 bits per heavy atom. The number of benzene rings is 1. The predicted molar refractivity (Wildman–Crippen MR) is 80.2 cm³/mol. The Kier molecular flexibility index (Phi) is 4.65. The molecule has 7 heteroatoms. The van der Waals surface area contributed by atoms with Crippen LogP contribution in [0.3, 0.4) is 0 Å². The topological polar surface area (TPSA) is 72.2 Å². The van der Waals surface area contributed by atoms with Gasteiger partial charge < -0.3 is 11.1 Å². The molecule has 2 aromatic rings. The summed E-state index contributed by atoms with van der Waals surface area (Å²) in [5.41, 5.74) is 6.16. The van der Waals surface area contributed by atoms with Crippen molar-refractivity contribution in [1.29, 1.82) is 0 Å². The van der Waals surface area contributed by atoms with E-state index >= 15 is 0 Å². The minimum Gasteiger partial charge on any atom is -0.368 e. The van der Waals surface area contributed by atoms with E-state index in [0.29, 0.717) is 9.90 Å². The Morgan fingerprint density at radius 1 is 1.20 bits per heavy atom. The monoisotopic (exact) mass is 328 g/mol. The summed E-state index contributed by atoms with van der Waals surface area (Å²) in [4.78, 5) is 23.6. The number of nitrogens with one attached hydrogen (secondary N) is 1.